The van der Waals surface area contributed by atoms with Crippen molar-refractivity contribution in [2.75, 3.05) is 5.32 Å². The number of nitrogens with one attached hydrogen (secondary N) is 1. The van der Waals surface area contributed by atoms with Gasteiger partial charge in [-0.15, -0.1) is 0 Å². The van der Waals surface area contributed by atoms with E-state index in [2.05, 4.69) is 5.32 Å². The third-order valence-corrected chi connectivity index (χ3v) is 4.42. The van der Waals surface area contributed by atoms with Crippen molar-refractivity contribution in [3.63, 3.8) is 0 Å². The molecule has 3 aromatic rings. The molecule has 0 heterocycles. The maximum Gasteiger partial charge on any atom is 0.228 e. The summed E-state index contributed by atoms with van der Waals surface area (Å²) < 4.78 is 0. The summed E-state index contributed by atoms with van der Waals surface area (Å²) in [5.74, 6) is -0.241. The van der Waals surface area contributed by atoms with Crippen molar-refractivity contribution in [1.82, 2.24) is 0 Å². The number of hydrogen-bond acceptors (Lipinski definition) is 2. The molecule has 3 rings (SSSR count). The van der Waals surface area contributed by atoms with E-state index in [0.717, 1.165) is 11.1 Å². The average molecular weight is 343 g/mol. The van der Waals surface area contributed by atoms with Gasteiger partial charge in [0, 0.05) is 11.1 Å². The molecule has 3 heteroatoms. The van der Waals surface area contributed by atoms with E-state index in [1.54, 1.807) is 30.3 Å². The Hall–Kier alpha value is -3.20. The van der Waals surface area contributed by atoms with Crippen molar-refractivity contribution < 1.29 is 9.59 Å². The fourth-order valence-corrected chi connectivity index (χ4v) is 2.83. The zero-order valence-corrected chi connectivity index (χ0v) is 15.0. The van der Waals surface area contributed by atoms with E-state index in [1.807, 2.05) is 56.3 Å². The highest BCUT2D eigenvalue weighted by atomic mass is 16.1. The smallest absolute Gasteiger partial charge is 0.228 e. The van der Waals surface area contributed by atoms with Gasteiger partial charge in [0.1, 0.15) is 0 Å². The molecule has 0 atom stereocenters. The standard InChI is InChI=1S/C23H21NO2/c1-16-12-13-18(14-17(16)2)15-22(25)24-21-11-7-6-10-20(21)23(26)19-8-4-3-5-9-19/h3-14H,15H2,1-2H3,(H,24,25). The van der Waals surface area contributed by atoms with Crippen LogP contribution >= 0.6 is 0 Å². The Labute approximate surface area is 153 Å². The van der Waals surface area contributed by atoms with Crippen LogP contribution in [0.4, 0.5) is 5.69 Å². The molecule has 0 saturated heterocycles. The van der Waals surface area contributed by atoms with E-state index in [9.17, 15) is 9.59 Å². The Morgan fingerprint density at radius 2 is 1.50 bits per heavy atom. The van der Waals surface area contributed by atoms with Crippen LogP contribution in [0.25, 0.3) is 0 Å². The summed E-state index contributed by atoms with van der Waals surface area (Å²) in [5, 5.41) is 2.88. The van der Waals surface area contributed by atoms with Gasteiger partial charge >= 0.3 is 0 Å². The van der Waals surface area contributed by atoms with E-state index < -0.39 is 0 Å². The quantitative estimate of drug-likeness (QED) is 0.682. The highest BCUT2D eigenvalue weighted by molar-refractivity contribution is 6.13. The van der Waals surface area contributed by atoms with Crippen LogP contribution in [-0.2, 0) is 11.2 Å². The van der Waals surface area contributed by atoms with E-state index in [1.165, 1.54) is 5.56 Å². The number of ketones is 1. The second kappa shape index (κ2) is 7.79. The molecule has 0 fully saturated rings. The zero-order chi connectivity index (χ0) is 18.5. The summed E-state index contributed by atoms with van der Waals surface area (Å²) in [6, 6.07) is 22.2. The van der Waals surface area contributed by atoms with Gasteiger partial charge in [-0.3, -0.25) is 9.59 Å². The average Bonchev–Trinajstić information content (AvgIpc) is 2.65. The Morgan fingerprint density at radius 3 is 2.23 bits per heavy atom. The highest BCUT2D eigenvalue weighted by Gasteiger charge is 2.15. The van der Waals surface area contributed by atoms with E-state index in [4.69, 9.17) is 0 Å². The molecule has 0 unspecified atom stereocenters. The lowest BCUT2D eigenvalue weighted by Gasteiger charge is -2.11. The normalized spacial score (nSPS) is 10.4. The topological polar surface area (TPSA) is 46.2 Å². The Bertz CT molecular complexity index is 945. The molecule has 0 bridgehead atoms. The lowest BCUT2D eigenvalue weighted by atomic mass is 10.0. The van der Waals surface area contributed by atoms with E-state index in [0.29, 0.717) is 16.8 Å². The predicted molar refractivity (Wildman–Crippen MR) is 105 cm³/mol. The molecule has 0 saturated carbocycles. The van der Waals surface area contributed by atoms with Crippen molar-refractivity contribution >= 4 is 17.4 Å². The minimum Gasteiger partial charge on any atom is -0.325 e. The van der Waals surface area contributed by atoms with Crippen LogP contribution < -0.4 is 5.32 Å². The van der Waals surface area contributed by atoms with Gasteiger partial charge in [0.05, 0.1) is 12.1 Å². The summed E-state index contributed by atoms with van der Waals surface area (Å²) in [6.07, 6.45) is 0.273. The summed E-state index contributed by atoms with van der Waals surface area (Å²) in [6.45, 7) is 4.08. The van der Waals surface area contributed by atoms with Crippen molar-refractivity contribution in [3.8, 4) is 0 Å². The number of carbonyl (C=O) groups is 2. The molecule has 0 aliphatic heterocycles. The van der Waals surface area contributed by atoms with Crippen LogP contribution in [0.3, 0.4) is 0 Å². The molecular formula is C23H21NO2. The number of aryl methyl sites for hydroxylation is 2. The van der Waals surface area contributed by atoms with Crippen LogP contribution in [0.5, 0.6) is 0 Å². The SMILES string of the molecule is Cc1ccc(CC(=O)Nc2ccccc2C(=O)c2ccccc2)cc1C. The molecule has 1 amide bonds. The molecule has 3 aromatic carbocycles. The molecule has 0 aliphatic rings. The van der Waals surface area contributed by atoms with E-state index >= 15 is 0 Å². The van der Waals surface area contributed by atoms with Crippen LogP contribution in [0.2, 0.25) is 0 Å². The zero-order valence-electron chi connectivity index (χ0n) is 15.0. The molecule has 0 radical (unpaired) electrons. The summed E-state index contributed by atoms with van der Waals surface area (Å²) >= 11 is 0. The largest absolute Gasteiger partial charge is 0.325 e. The monoisotopic (exact) mass is 343 g/mol. The summed E-state index contributed by atoms with van der Waals surface area (Å²) in [7, 11) is 0. The van der Waals surface area contributed by atoms with Crippen molar-refractivity contribution in [3.05, 3.63) is 101 Å². The molecule has 1 N–H and O–H groups in total. The molecule has 0 aliphatic carbocycles. The van der Waals surface area contributed by atoms with Gasteiger partial charge in [0.25, 0.3) is 0 Å². The first-order valence-electron chi connectivity index (χ1n) is 8.59. The molecular weight excluding hydrogens is 322 g/mol. The molecule has 0 spiro atoms. The van der Waals surface area contributed by atoms with Crippen LogP contribution in [0, 0.1) is 13.8 Å². The number of carbonyl (C=O) groups excluding carboxylic acids is 2. The van der Waals surface area contributed by atoms with Crippen LogP contribution in [0.1, 0.15) is 32.6 Å². The lowest BCUT2D eigenvalue weighted by Crippen LogP contribution is -2.17. The molecule has 26 heavy (non-hydrogen) atoms. The van der Waals surface area contributed by atoms with Gasteiger partial charge in [0.15, 0.2) is 5.78 Å². The lowest BCUT2D eigenvalue weighted by molar-refractivity contribution is -0.115. The molecule has 0 aromatic heterocycles. The van der Waals surface area contributed by atoms with Crippen molar-refractivity contribution in [2.24, 2.45) is 0 Å². The first-order valence-corrected chi connectivity index (χ1v) is 8.59. The van der Waals surface area contributed by atoms with Crippen molar-refractivity contribution in [2.45, 2.75) is 20.3 Å². The van der Waals surface area contributed by atoms with Gasteiger partial charge in [0.2, 0.25) is 5.91 Å². The van der Waals surface area contributed by atoms with Gasteiger partial charge in [-0.05, 0) is 42.7 Å². The second-order valence-electron chi connectivity index (χ2n) is 6.38. The van der Waals surface area contributed by atoms with E-state index in [-0.39, 0.29) is 18.1 Å². The molecule has 3 nitrogen and oxygen atoms in total. The van der Waals surface area contributed by atoms with Crippen molar-refractivity contribution in [1.29, 1.82) is 0 Å². The van der Waals surface area contributed by atoms with Gasteiger partial charge in [-0.2, -0.15) is 0 Å². The second-order valence-corrected chi connectivity index (χ2v) is 6.38. The summed E-state index contributed by atoms with van der Waals surface area (Å²) in [5.41, 5.74) is 4.95. The first-order chi connectivity index (χ1) is 12.5. The predicted octanol–water partition coefficient (Wildman–Crippen LogP) is 4.72. The number of anilines is 1. The van der Waals surface area contributed by atoms with Crippen LogP contribution in [-0.4, -0.2) is 11.7 Å². The summed E-state index contributed by atoms with van der Waals surface area (Å²) in [4.78, 5) is 25.2. The van der Waals surface area contributed by atoms with Gasteiger partial charge in [-0.25, -0.2) is 0 Å². The Kier molecular flexibility index (Phi) is 5.28. The van der Waals surface area contributed by atoms with Gasteiger partial charge < -0.3 is 5.32 Å². The number of benzene rings is 3. The minimum absolute atomic E-state index is 0.104. The maximum absolute atomic E-state index is 12.7. The molecule has 130 valence electrons. The number of rotatable bonds is 5. The third-order valence-electron chi connectivity index (χ3n) is 4.42. The van der Waals surface area contributed by atoms with Crippen LogP contribution in [0.15, 0.2) is 72.8 Å². The fourth-order valence-electron chi connectivity index (χ4n) is 2.83. The number of amides is 1. The Morgan fingerprint density at radius 1 is 0.808 bits per heavy atom. The Balaban J connectivity index is 1.78. The van der Waals surface area contributed by atoms with Gasteiger partial charge in [-0.1, -0.05) is 60.7 Å². The highest BCUT2D eigenvalue weighted by Crippen LogP contribution is 2.20. The maximum atomic E-state index is 12.7. The first kappa shape index (κ1) is 17.6. The number of hydrogen-bond donors (Lipinski definition) is 1. The fraction of sp³-hybridized carbons (Fsp3) is 0.130. The third kappa shape index (κ3) is 4.06. The minimum atomic E-state index is -0.137. The number of para-hydroxylation sites is 1.